The highest BCUT2D eigenvalue weighted by Crippen LogP contribution is 2.40. The summed E-state index contributed by atoms with van der Waals surface area (Å²) < 4.78 is 35.9. The van der Waals surface area contributed by atoms with Crippen molar-refractivity contribution in [3.8, 4) is 10.6 Å². The van der Waals surface area contributed by atoms with Gasteiger partial charge in [0.15, 0.2) is 5.69 Å². The molecule has 3 heterocycles. The second-order valence-corrected chi connectivity index (χ2v) is 16.4. The zero-order valence-corrected chi connectivity index (χ0v) is 21.6. The molecule has 3 aromatic heterocycles. The van der Waals surface area contributed by atoms with Crippen molar-refractivity contribution in [2.24, 2.45) is 5.92 Å². The van der Waals surface area contributed by atoms with Crippen molar-refractivity contribution in [1.82, 2.24) is 24.5 Å². The molecule has 1 fully saturated rings. The molecule has 34 heavy (non-hydrogen) atoms. The van der Waals surface area contributed by atoms with Gasteiger partial charge in [0.05, 0.1) is 17.9 Å². The van der Waals surface area contributed by atoms with E-state index in [0.29, 0.717) is 24.3 Å². The maximum atomic E-state index is 13.5. The summed E-state index contributed by atoms with van der Waals surface area (Å²) in [5.74, 6) is -0.105. The molecule has 0 saturated heterocycles. The van der Waals surface area contributed by atoms with Crippen molar-refractivity contribution >= 4 is 31.0 Å². The van der Waals surface area contributed by atoms with Crippen LogP contribution in [-0.4, -0.2) is 45.1 Å². The summed E-state index contributed by atoms with van der Waals surface area (Å²) in [7, 11) is -1.14. The van der Waals surface area contributed by atoms with Crippen molar-refractivity contribution in [2.75, 3.05) is 11.9 Å². The maximum absolute atomic E-state index is 13.5. The van der Waals surface area contributed by atoms with E-state index in [1.165, 1.54) is 22.2 Å². The van der Waals surface area contributed by atoms with E-state index >= 15 is 0 Å². The number of thiazole rings is 1. The minimum Gasteiger partial charge on any atom is -0.360 e. The summed E-state index contributed by atoms with van der Waals surface area (Å²) in [6.45, 7) is 9.90. The molecule has 1 unspecified atom stereocenters. The minimum absolute atomic E-state index is 0.0186. The zero-order valence-electron chi connectivity index (χ0n) is 19.8. The van der Waals surface area contributed by atoms with E-state index in [1.54, 1.807) is 16.3 Å². The third kappa shape index (κ3) is 6.16. The molecular weight excluding hydrogens is 478 g/mol. The number of ether oxygens (including phenoxy) is 1. The largest absolute Gasteiger partial charge is 0.360 e. The summed E-state index contributed by atoms with van der Waals surface area (Å²) >= 11 is 1.29. The first-order chi connectivity index (χ1) is 16.1. The van der Waals surface area contributed by atoms with Crippen LogP contribution in [0, 0.1) is 5.92 Å². The van der Waals surface area contributed by atoms with Crippen LogP contribution in [0.5, 0.6) is 0 Å². The quantitative estimate of drug-likeness (QED) is 0.266. The minimum atomic E-state index is -2.78. The van der Waals surface area contributed by atoms with E-state index < -0.39 is 26.1 Å². The number of halogens is 2. The number of aromatic nitrogens is 5. The topological polar surface area (TPSA) is 86.9 Å². The Balaban J connectivity index is 1.39. The number of alkyl halides is 2. The number of rotatable bonds is 11. The SMILES string of the molecule is CC(C1CC1)n1cc(NC(=O)c2csc(-c3cnn(COCC[Si](C)(C)C)c3)n2)c(C(F)F)n1. The summed E-state index contributed by atoms with van der Waals surface area (Å²) in [6.07, 6.45) is 4.31. The highest BCUT2D eigenvalue weighted by atomic mass is 32.1. The van der Waals surface area contributed by atoms with Crippen molar-refractivity contribution in [3.63, 3.8) is 0 Å². The van der Waals surface area contributed by atoms with Gasteiger partial charge in [0.1, 0.15) is 17.4 Å². The van der Waals surface area contributed by atoms with Gasteiger partial charge in [-0.15, -0.1) is 11.3 Å². The molecular formula is C22H30F2N6O2SSi. The molecule has 1 aliphatic carbocycles. The molecule has 4 rings (SSSR count). The Morgan fingerprint density at radius 2 is 2.09 bits per heavy atom. The number of nitrogens with zero attached hydrogens (tertiary/aromatic N) is 5. The third-order valence-corrected chi connectivity index (χ3v) is 8.37. The Bertz CT molecular complexity index is 1130. The van der Waals surface area contributed by atoms with Gasteiger partial charge in [0, 0.05) is 38.0 Å². The van der Waals surface area contributed by atoms with Crippen LogP contribution in [0.15, 0.2) is 24.0 Å². The van der Waals surface area contributed by atoms with Gasteiger partial charge in [0.25, 0.3) is 12.3 Å². The van der Waals surface area contributed by atoms with E-state index in [2.05, 4.69) is 40.1 Å². The molecule has 0 radical (unpaired) electrons. The van der Waals surface area contributed by atoms with Gasteiger partial charge < -0.3 is 10.1 Å². The van der Waals surface area contributed by atoms with Crippen molar-refractivity contribution in [2.45, 2.75) is 64.6 Å². The smallest absolute Gasteiger partial charge is 0.284 e. The lowest BCUT2D eigenvalue weighted by Gasteiger charge is -2.15. The Labute approximate surface area is 202 Å². The van der Waals surface area contributed by atoms with Gasteiger partial charge >= 0.3 is 0 Å². The second-order valence-electron chi connectivity index (χ2n) is 9.90. The number of carbonyl (C=O) groups is 1. The molecule has 0 aliphatic heterocycles. The molecule has 12 heteroatoms. The summed E-state index contributed by atoms with van der Waals surface area (Å²) in [5.41, 5.74) is 0.511. The lowest BCUT2D eigenvalue weighted by molar-refractivity contribution is 0.0786. The first-order valence-electron chi connectivity index (χ1n) is 11.4. The standard InChI is InChI=1S/C22H30F2N6O2SSi/c1-14(15-5-6-15)30-11-17(19(28-30)20(23)24)26-21(31)18-12-33-22(27-18)16-9-25-29(10-16)13-32-7-8-34(2,3)4/h9-12,14-15,20H,5-8,13H2,1-4H3,(H,26,31). The second kappa shape index (κ2) is 10.0. The summed E-state index contributed by atoms with van der Waals surface area (Å²) in [6, 6.07) is 1.10. The molecule has 0 aromatic carbocycles. The number of anilines is 1. The lowest BCUT2D eigenvalue weighted by atomic mass is 10.2. The Morgan fingerprint density at radius 3 is 2.76 bits per heavy atom. The van der Waals surface area contributed by atoms with Gasteiger partial charge in [-0.3, -0.25) is 9.48 Å². The molecule has 1 amide bonds. The first-order valence-corrected chi connectivity index (χ1v) is 15.9. The van der Waals surface area contributed by atoms with Gasteiger partial charge in [0.2, 0.25) is 0 Å². The fourth-order valence-corrected chi connectivity index (χ4v) is 4.98. The third-order valence-electron chi connectivity index (χ3n) is 5.77. The number of hydrogen-bond donors (Lipinski definition) is 1. The van der Waals surface area contributed by atoms with Crippen LogP contribution < -0.4 is 5.32 Å². The average molecular weight is 509 g/mol. The molecule has 0 bridgehead atoms. The van der Waals surface area contributed by atoms with E-state index in [9.17, 15) is 13.6 Å². The van der Waals surface area contributed by atoms with Crippen molar-refractivity contribution < 1.29 is 18.3 Å². The highest BCUT2D eigenvalue weighted by molar-refractivity contribution is 7.13. The first kappa shape index (κ1) is 24.7. The van der Waals surface area contributed by atoms with E-state index in [-0.39, 0.29) is 17.4 Å². The van der Waals surface area contributed by atoms with Crippen LogP contribution in [0.4, 0.5) is 14.5 Å². The lowest BCUT2D eigenvalue weighted by Crippen LogP contribution is -2.22. The van der Waals surface area contributed by atoms with Crippen LogP contribution >= 0.6 is 11.3 Å². The Morgan fingerprint density at radius 1 is 1.32 bits per heavy atom. The number of carbonyl (C=O) groups excluding carboxylic acids is 1. The predicted molar refractivity (Wildman–Crippen MR) is 130 cm³/mol. The molecule has 184 valence electrons. The van der Waals surface area contributed by atoms with Gasteiger partial charge in [-0.25, -0.2) is 18.4 Å². The predicted octanol–water partition coefficient (Wildman–Crippen LogP) is 5.68. The molecule has 1 atom stereocenters. The molecule has 0 spiro atoms. The summed E-state index contributed by atoms with van der Waals surface area (Å²) in [5, 5.41) is 13.1. The summed E-state index contributed by atoms with van der Waals surface area (Å²) in [4.78, 5) is 17.1. The Hall–Kier alpha value is -2.44. The fraction of sp³-hybridized carbons (Fsp3) is 0.545. The van der Waals surface area contributed by atoms with Gasteiger partial charge in [-0.2, -0.15) is 10.2 Å². The molecule has 1 N–H and O–H groups in total. The van der Waals surface area contributed by atoms with Crippen LogP contribution in [0.3, 0.4) is 0 Å². The fourth-order valence-electron chi connectivity index (χ4n) is 3.44. The van der Waals surface area contributed by atoms with E-state index in [0.717, 1.165) is 24.4 Å². The Kier molecular flexibility index (Phi) is 7.29. The maximum Gasteiger partial charge on any atom is 0.284 e. The van der Waals surface area contributed by atoms with Crippen LogP contribution in [-0.2, 0) is 11.5 Å². The van der Waals surface area contributed by atoms with Gasteiger partial charge in [-0.1, -0.05) is 19.6 Å². The number of nitrogens with one attached hydrogen (secondary N) is 1. The van der Waals surface area contributed by atoms with Crippen molar-refractivity contribution in [1.29, 1.82) is 0 Å². The van der Waals surface area contributed by atoms with E-state index in [1.807, 2.05) is 13.1 Å². The van der Waals surface area contributed by atoms with E-state index in [4.69, 9.17) is 4.74 Å². The van der Waals surface area contributed by atoms with Gasteiger partial charge in [-0.05, 0) is 31.7 Å². The van der Waals surface area contributed by atoms with Crippen LogP contribution in [0.25, 0.3) is 10.6 Å². The number of hydrogen-bond acceptors (Lipinski definition) is 6. The molecule has 1 aliphatic rings. The molecule has 1 saturated carbocycles. The molecule has 8 nitrogen and oxygen atoms in total. The average Bonchev–Trinajstić information content (AvgIpc) is 3.15. The van der Waals surface area contributed by atoms with Crippen molar-refractivity contribution in [3.05, 3.63) is 35.4 Å². The van der Waals surface area contributed by atoms with Crippen LogP contribution in [0.1, 0.15) is 48.4 Å². The van der Waals surface area contributed by atoms with Crippen LogP contribution in [0.2, 0.25) is 25.7 Å². The normalized spacial score (nSPS) is 15.1. The number of amides is 1. The molecule has 3 aromatic rings. The highest BCUT2D eigenvalue weighted by Gasteiger charge is 2.31. The monoisotopic (exact) mass is 508 g/mol. The zero-order chi connectivity index (χ0) is 24.5.